The Hall–Kier alpha value is -4.00. The number of nitrogens with one attached hydrogen (secondary N) is 3. The molecule has 2 aromatic heterocycles. The third-order valence-electron chi connectivity index (χ3n) is 6.29. The van der Waals surface area contributed by atoms with Crippen LogP contribution in [0.2, 0.25) is 0 Å². The summed E-state index contributed by atoms with van der Waals surface area (Å²) in [6.07, 6.45) is 2.67. The van der Waals surface area contributed by atoms with Crippen LogP contribution >= 0.6 is 0 Å². The lowest BCUT2D eigenvalue weighted by Crippen LogP contribution is -2.21. The second-order valence-electron chi connectivity index (χ2n) is 8.96. The van der Waals surface area contributed by atoms with Crippen LogP contribution < -0.4 is 14.8 Å². The maximum absolute atomic E-state index is 13.3. The summed E-state index contributed by atoms with van der Waals surface area (Å²) < 4.78 is 76.3. The number of nitrogens with zero attached hydrogens (tertiary/aromatic N) is 2. The number of halogens is 3. The van der Waals surface area contributed by atoms with Crippen molar-refractivity contribution in [1.82, 2.24) is 15.4 Å². The fourth-order valence-electron chi connectivity index (χ4n) is 3.96. The highest BCUT2D eigenvalue weighted by molar-refractivity contribution is 7.93. The number of sulfonamides is 1. The highest BCUT2D eigenvalue weighted by Crippen LogP contribution is 2.38. The van der Waals surface area contributed by atoms with Crippen molar-refractivity contribution < 1.29 is 30.8 Å². The average molecular weight is 548 g/mol. The maximum atomic E-state index is 13.3. The molecule has 2 aromatic carbocycles. The van der Waals surface area contributed by atoms with Crippen molar-refractivity contribution in [2.45, 2.75) is 44.0 Å². The first kappa shape index (κ1) is 25.6. The minimum absolute atomic E-state index is 0.00528. The number of anilines is 3. The Bertz CT molecular complexity index is 1520. The smallest absolute Gasteiger partial charge is 0.355 e. The molecule has 0 aliphatic heterocycles. The maximum Gasteiger partial charge on any atom is 0.355 e. The number of rotatable bonds is 10. The van der Waals surface area contributed by atoms with Gasteiger partial charge in [0.2, 0.25) is 0 Å². The van der Waals surface area contributed by atoms with Gasteiger partial charge in [0.15, 0.2) is 11.6 Å². The number of hydrogen-bond acceptors (Lipinski definition) is 7. The molecule has 4 aromatic rings. The Morgan fingerprint density at radius 3 is 2.53 bits per heavy atom. The summed E-state index contributed by atoms with van der Waals surface area (Å²) in [6, 6.07) is 13.4. The molecule has 200 valence electrons. The molecule has 0 amide bonds. The van der Waals surface area contributed by atoms with E-state index in [1.54, 1.807) is 13.0 Å². The van der Waals surface area contributed by atoms with Gasteiger partial charge in [0, 0.05) is 23.6 Å². The van der Waals surface area contributed by atoms with Crippen LogP contribution in [0.15, 0.2) is 59.1 Å². The lowest BCUT2D eigenvalue weighted by atomic mass is 9.84. The molecular formula is C25H24F3N5O4S. The van der Waals surface area contributed by atoms with Crippen molar-refractivity contribution in [2.75, 3.05) is 10.0 Å². The van der Waals surface area contributed by atoms with E-state index in [2.05, 4.69) is 20.7 Å². The molecule has 9 nitrogen and oxygen atoms in total. The van der Waals surface area contributed by atoms with Crippen LogP contribution in [0.1, 0.15) is 49.5 Å². The first-order valence-electron chi connectivity index (χ1n) is 11.8. The summed E-state index contributed by atoms with van der Waals surface area (Å²) in [5, 5.41) is 14.2. The van der Waals surface area contributed by atoms with Gasteiger partial charge in [-0.15, -0.1) is 0 Å². The van der Waals surface area contributed by atoms with Gasteiger partial charge in [-0.1, -0.05) is 29.8 Å². The summed E-state index contributed by atoms with van der Waals surface area (Å²) in [7, 11) is -4.95. The molecule has 1 fully saturated rings. The highest BCUT2D eigenvalue weighted by atomic mass is 32.2. The summed E-state index contributed by atoms with van der Waals surface area (Å²) >= 11 is 0. The molecule has 0 spiro atoms. The Kier molecular flexibility index (Phi) is 7.02. The first-order valence-corrected chi connectivity index (χ1v) is 13.4. The number of alkyl halides is 2. The topological polar surface area (TPSA) is 122 Å². The molecule has 0 radical (unpaired) electrons. The van der Waals surface area contributed by atoms with Crippen LogP contribution in [-0.4, -0.2) is 29.5 Å². The van der Waals surface area contributed by atoms with Crippen molar-refractivity contribution in [3.63, 3.8) is 0 Å². The quantitative estimate of drug-likeness (QED) is 0.212. The predicted octanol–water partition coefficient (Wildman–Crippen LogP) is 6.32. The monoisotopic (exact) mass is 547 g/mol. The number of aromatic amines is 1. The number of H-pyrrole nitrogens is 1. The number of benzene rings is 2. The number of aromatic nitrogens is 3. The predicted molar refractivity (Wildman–Crippen MR) is 134 cm³/mol. The largest absolute Gasteiger partial charge is 0.484 e. The molecule has 2 heterocycles. The van der Waals surface area contributed by atoms with Gasteiger partial charge in [0.1, 0.15) is 23.4 Å². The molecular weight excluding hydrogens is 523 g/mol. The van der Waals surface area contributed by atoms with Crippen LogP contribution in [0, 0.1) is 5.82 Å². The van der Waals surface area contributed by atoms with Crippen molar-refractivity contribution in [1.29, 1.82) is 0 Å². The van der Waals surface area contributed by atoms with E-state index in [1.165, 1.54) is 48.9 Å². The molecule has 5 rings (SSSR count). The lowest BCUT2D eigenvalue weighted by Gasteiger charge is -2.21. The third-order valence-corrected chi connectivity index (χ3v) is 7.27. The van der Waals surface area contributed by atoms with Gasteiger partial charge in [0.25, 0.3) is 10.0 Å². The first-order chi connectivity index (χ1) is 18.2. The van der Waals surface area contributed by atoms with Crippen molar-refractivity contribution in [3.05, 3.63) is 71.7 Å². The van der Waals surface area contributed by atoms with Gasteiger partial charge < -0.3 is 14.6 Å². The standard InChI is InChI=1S/C25H24F3N5O4S/c1-14(15-5-8-18(26)9-6-15)36-22-11-17(7-10-19(22)33-38(34,35)25(27)28)20-12-23(31-30-20)29-24-13-21(37-32-24)16-3-2-4-16/h5-14,16,25,33H,2-4H2,1H3,(H2,29,30,31,32)/t14-/m0/s1. The number of ether oxygens (including phenoxy) is 1. The molecule has 3 N–H and O–H groups in total. The minimum Gasteiger partial charge on any atom is -0.484 e. The van der Waals surface area contributed by atoms with Crippen LogP contribution in [0.5, 0.6) is 5.75 Å². The Morgan fingerprint density at radius 2 is 1.84 bits per heavy atom. The van der Waals surface area contributed by atoms with Gasteiger partial charge >= 0.3 is 5.76 Å². The van der Waals surface area contributed by atoms with E-state index in [1.807, 2.05) is 10.8 Å². The van der Waals surface area contributed by atoms with Crippen molar-refractivity contribution >= 4 is 27.3 Å². The molecule has 13 heteroatoms. The van der Waals surface area contributed by atoms with Gasteiger partial charge in [0.05, 0.1) is 11.4 Å². The zero-order chi connectivity index (χ0) is 26.9. The highest BCUT2D eigenvalue weighted by Gasteiger charge is 2.26. The summed E-state index contributed by atoms with van der Waals surface area (Å²) in [5.74, 6) is -1.88. The van der Waals surface area contributed by atoms with Gasteiger partial charge in [-0.2, -0.15) is 13.9 Å². The Balaban J connectivity index is 1.39. The zero-order valence-corrected chi connectivity index (χ0v) is 20.9. The average Bonchev–Trinajstić information content (AvgIpc) is 3.49. The SMILES string of the molecule is C[C@H](Oc1cc(-c2cc(Nc3cc(C4CCC4)on3)n[nH]2)ccc1NS(=O)(=O)C(F)F)c1ccc(F)cc1. The molecule has 1 aliphatic carbocycles. The Labute approximate surface area is 216 Å². The van der Waals surface area contributed by atoms with Gasteiger partial charge in [-0.3, -0.25) is 9.82 Å². The molecule has 0 unspecified atom stereocenters. The van der Waals surface area contributed by atoms with E-state index in [4.69, 9.17) is 9.26 Å². The van der Waals surface area contributed by atoms with E-state index >= 15 is 0 Å². The fourth-order valence-corrected chi connectivity index (χ4v) is 4.52. The van der Waals surface area contributed by atoms with E-state index < -0.39 is 27.7 Å². The summed E-state index contributed by atoms with van der Waals surface area (Å²) in [5.41, 5.74) is 1.51. The van der Waals surface area contributed by atoms with Gasteiger partial charge in [-0.25, -0.2) is 12.8 Å². The van der Waals surface area contributed by atoms with E-state index in [-0.39, 0.29) is 11.4 Å². The zero-order valence-electron chi connectivity index (χ0n) is 20.1. The summed E-state index contributed by atoms with van der Waals surface area (Å²) in [4.78, 5) is 0. The van der Waals surface area contributed by atoms with E-state index in [0.29, 0.717) is 34.4 Å². The van der Waals surface area contributed by atoms with Crippen molar-refractivity contribution in [2.24, 2.45) is 0 Å². The van der Waals surface area contributed by atoms with Crippen LogP contribution in [0.25, 0.3) is 11.3 Å². The van der Waals surface area contributed by atoms with Crippen LogP contribution in [0.3, 0.4) is 0 Å². The minimum atomic E-state index is -4.95. The molecule has 1 atom stereocenters. The van der Waals surface area contributed by atoms with E-state index in [0.717, 1.165) is 18.6 Å². The second-order valence-corrected chi connectivity index (χ2v) is 10.6. The lowest BCUT2D eigenvalue weighted by molar-refractivity contribution is 0.228. The molecule has 1 saturated carbocycles. The second kappa shape index (κ2) is 10.4. The Morgan fingerprint density at radius 1 is 1.08 bits per heavy atom. The van der Waals surface area contributed by atoms with Gasteiger partial charge in [-0.05, 0) is 49.6 Å². The van der Waals surface area contributed by atoms with Crippen molar-refractivity contribution in [3.8, 4) is 17.0 Å². The van der Waals surface area contributed by atoms with Crippen LogP contribution in [0.4, 0.5) is 30.5 Å². The fraction of sp³-hybridized carbons (Fsp3) is 0.280. The van der Waals surface area contributed by atoms with E-state index in [9.17, 15) is 21.6 Å². The van der Waals surface area contributed by atoms with Crippen LogP contribution in [-0.2, 0) is 10.0 Å². The summed E-state index contributed by atoms with van der Waals surface area (Å²) in [6.45, 7) is 1.67. The molecule has 0 saturated heterocycles. The number of hydrogen-bond donors (Lipinski definition) is 3. The third kappa shape index (κ3) is 5.62. The molecule has 38 heavy (non-hydrogen) atoms. The molecule has 1 aliphatic rings. The normalized spacial score (nSPS) is 14.8. The molecule has 0 bridgehead atoms.